The van der Waals surface area contributed by atoms with Crippen molar-refractivity contribution < 1.29 is 22.7 Å². The molecule has 0 saturated carbocycles. The molecular formula is C27H30F3N5O2. The molecule has 1 aliphatic heterocycles. The smallest absolute Gasteiger partial charge is 0.436 e. The minimum absolute atomic E-state index is 0.0611. The van der Waals surface area contributed by atoms with Gasteiger partial charge < -0.3 is 14.2 Å². The van der Waals surface area contributed by atoms with Crippen molar-refractivity contribution in [1.82, 2.24) is 19.4 Å². The Kier molecular flexibility index (Phi) is 7.94. The predicted octanol–water partition coefficient (Wildman–Crippen LogP) is 5.43. The number of piperidine rings is 1. The first-order valence-electron chi connectivity index (χ1n) is 12.3. The standard InChI is InChI=1S/C27H30F3N5O2/c1-4-9-20(24(31-2)27(28,29)30)37-17-18-10-8-15-35(16-18)26(36)21-22-25(33-14-13-32-22)34(3)23(21)19-11-6-5-7-12-19/h5-7,9,11-14,18H,4,8,10,15-17H2,1-3H3/b20-9+,31-24?. The second kappa shape index (κ2) is 11.1. The van der Waals surface area contributed by atoms with Gasteiger partial charge in [-0.05, 0) is 30.9 Å². The molecule has 0 N–H and O–H groups in total. The van der Waals surface area contributed by atoms with Crippen LogP contribution < -0.4 is 0 Å². The van der Waals surface area contributed by atoms with Crippen molar-refractivity contribution in [3.05, 3.63) is 60.1 Å². The van der Waals surface area contributed by atoms with E-state index in [2.05, 4.69) is 15.0 Å². The quantitative estimate of drug-likeness (QED) is 0.312. The van der Waals surface area contributed by atoms with Crippen LogP contribution >= 0.6 is 0 Å². The van der Waals surface area contributed by atoms with Gasteiger partial charge in [0.15, 0.2) is 11.4 Å². The summed E-state index contributed by atoms with van der Waals surface area (Å²) in [7, 11) is 2.96. The summed E-state index contributed by atoms with van der Waals surface area (Å²) in [5.41, 5.74) is 2.18. The highest BCUT2D eigenvalue weighted by Gasteiger charge is 2.39. The first-order valence-corrected chi connectivity index (χ1v) is 12.3. The molecule has 0 spiro atoms. The number of aliphatic imine (C=N–C) groups is 1. The third kappa shape index (κ3) is 5.52. The fourth-order valence-corrected chi connectivity index (χ4v) is 4.81. The molecule has 3 heterocycles. The number of benzene rings is 1. The van der Waals surface area contributed by atoms with Gasteiger partial charge in [0.2, 0.25) is 0 Å². The van der Waals surface area contributed by atoms with Crippen LogP contribution in [-0.4, -0.2) is 64.0 Å². The lowest BCUT2D eigenvalue weighted by Gasteiger charge is -2.33. The topological polar surface area (TPSA) is 72.6 Å². The van der Waals surface area contributed by atoms with Gasteiger partial charge in [0.1, 0.15) is 11.3 Å². The van der Waals surface area contributed by atoms with E-state index in [1.54, 1.807) is 24.2 Å². The van der Waals surface area contributed by atoms with E-state index in [1.165, 1.54) is 6.08 Å². The van der Waals surface area contributed by atoms with Gasteiger partial charge in [-0.15, -0.1) is 0 Å². The molecule has 196 valence electrons. The maximum Gasteiger partial charge on any atom is 0.436 e. The van der Waals surface area contributed by atoms with Crippen molar-refractivity contribution in [3.8, 4) is 11.3 Å². The summed E-state index contributed by atoms with van der Waals surface area (Å²) >= 11 is 0. The molecule has 7 nitrogen and oxygen atoms in total. The average Bonchev–Trinajstić information content (AvgIpc) is 3.19. The van der Waals surface area contributed by atoms with Crippen molar-refractivity contribution in [3.63, 3.8) is 0 Å². The van der Waals surface area contributed by atoms with Crippen LogP contribution in [0.3, 0.4) is 0 Å². The Morgan fingerprint density at radius 3 is 2.62 bits per heavy atom. The number of alkyl halides is 3. The molecule has 4 rings (SSSR count). The molecule has 3 aromatic rings. The first-order chi connectivity index (χ1) is 17.8. The summed E-state index contributed by atoms with van der Waals surface area (Å²) in [4.78, 5) is 28.0. The SMILES string of the molecule is CC/C=C(/OCC1CCCN(C(=O)c2c(-c3ccccc3)n(C)c3nccnc23)C1)C(=NC)C(F)(F)F. The van der Waals surface area contributed by atoms with Gasteiger partial charge in [-0.2, -0.15) is 13.2 Å². The van der Waals surface area contributed by atoms with E-state index in [1.807, 2.05) is 41.9 Å². The van der Waals surface area contributed by atoms with Crippen LogP contribution in [-0.2, 0) is 11.8 Å². The molecule has 1 aliphatic rings. The third-order valence-corrected chi connectivity index (χ3v) is 6.46. The number of carbonyl (C=O) groups is 1. The number of fused-ring (bicyclic) bond motifs is 1. The summed E-state index contributed by atoms with van der Waals surface area (Å²) in [5, 5.41) is 0. The number of amides is 1. The van der Waals surface area contributed by atoms with Crippen molar-refractivity contribution in [2.75, 3.05) is 26.7 Å². The minimum atomic E-state index is -4.60. The zero-order valence-electron chi connectivity index (χ0n) is 21.1. The van der Waals surface area contributed by atoms with Crippen molar-refractivity contribution >= 4 is 22.8 Å². The maximum absolute atomic E-state index is 13.9. The van der Waals surface area contributed by atoms with Gasteiger partial charge in [0.25, 0.3) is 5.91 Å². The molecule has 0 aliphatic carbocycles. The van der Waals surface area contributed by atoms with Gasteiger partial charge in [-0.25, -0.2) is 4.98 Å². The number of aromatic nitrogens is 3. The highest BCUT2D eigenvalue weighted by Crippen LogP contribution is 2.33. The maximum atomic E-state index is 13.9. The Balaban J connectivity index is 1.59. The molecule has 1 saturated heterocycles. The summed E-state index contributed by atoms with van der Waals surface area (Å²) in [6.07, 6.45) is 1.79. The fraction of sp³-hybridized carbons (Fsp3) is 0.407. The van der Waals surface area contributed by atoms with E-state index in [9.17, 15) is 18.0 Å². The molecule has 1 amide bonds. The van der Waals surface area contributed by atoms with Gasteiger partial charge in [0, 0.05) is 45.5 Å². The monoisotopic (exact) mass is 513 g/mol. The molecule has 37 heavy (non-hydrogen) atoms. The van der Waals surface area contributed by atoms with Crippen molar-refractivity contribution in [2.45, 2.75) is 32.4 Å². The molecule has 2 aromatic heterocycles. The van der Waals surface area contributed by atoms with E-state index in [-0.39, 0.29) is 24.2 Å². The first kappa shape index (κ1) is 26.4. The molecule has 10 heteroatoms. The molecule has 1 unspecified atom stereocenters. The van der Waals surface area contributed by atoms with E-state index in [0.717, 1.165) is 31.1 Å². The van der Waals surface area contributed by atoms with E-state index >= 15 is 0 Å². The number of aryl methyl sites for hydroxylation is 1. The second-order valence-corrected chi connectivity index (χ2v) is 8.99. The number of hydrogen-bond donors (Lipinski definition) is 0. The fourth-order valence-electron chi connectivity index (χ4n) is 4.81. The lowest BCUT2D eigenvalue weighted by molar-refractivity contribution is -0.0611. The van der Waals surface area contributed by atoms with Gasteiger partial charge in [-0.3, -0.25) is 14.8 Å². The van der Waals surface area contributed by atoms with Gasteiger partial charge >= 0.3 is 6.18 Å². The van der Waals surface area contributed by atoms with Crippen LogP contribution in [0.15, 0.2) is 59.6 Å². The van der Waals surface area contributed by atoms with Gasteiger partial charge in [-0.1, -0.05) is 37.3 Å². The number of ether oxygens (including phenoxy) is 1. The molecule has 1 atom stereocenters. The van der Waals surface area contributed by atoms with E-state index in [4.69, 9.17) is 4.74 Å². The van der Waals surface area contributed by atoms with Crippen LogP contribution in [0.1, 0.15) is 36.5 Å². The predicted molar refractivity (Wildman–Crippen MR) is 136 cm³/mol. The molecule has 1 fully saturated rings. The largest absolute Gasteiger partial charge is 0.491 e. The Hall–Kier alpha value is -3.69. The van der Waals surface area contributed by atoms with Crippen LogP contribution in [0.25, 0.3) is 22.4 Å². The van der Waals surface area contributed by atoms with Crippen molar-refractivity contribution in [1.29, 1.82) is 0 Å². The number of nitrogens with zero attached hydrogens (tertiary/aromatic N) is 5. The highest BCUT2D eigenvalue weighted by atomic mass is 19.4. The summed E-state index contributed by atoms with van der Waals surface area (Å²) in [6, 6.07) is 9.60. The molecular weight excluding hydrogens is 483 g/mol. The number of likely N-dealkylation sites (tertiary alicyclic amines) is 1. The van der Waals surface area contributed by atoms with Crippen LogP contribution in [0.5, 0.6) is 0 Å². The van der Waals surface area contributed by atoms with E-state index < -0.39 is 11.9 Å². The van der Waals surface area contributed by atoms with Gasteiger partial charge in [0.05, 0.1) is 17.9 Å². The van der Waals surface area contributed by atoms with Crippen LogP contribution in [0.2, 0.25) is 0 Å². The Labute approximate surface area is 213 Å². The third-order valence-electron chi connectivity index (χ3n) is 6.46. The summed E-state index contributed by atoms with van der Waals surface area (Å²) in [5.74, 6) is -0.563. The Morgan fingerprint density at radius 1 is 1.22 bits per heavy atom. The summed E-state index contributed by atoms with van der Waals surface area (Å²) < 4.78 is 47.7. The number of hydrogen-bond acceptors (Lipinski definition) is 5. The number of halogens is 3. The zero-order valence-corrected chi connectivity index (χ0v) is 21.1. The average molecular weight is 514 g/mol. The van der Waals surface area contributed by atoms with Crippen LogP contribution in [0.4, 0.5) is 13.2 Å². The number of rotatable bonds is 7. The lowest BCUT2D eigenvalue weighted by Crippen LogP contribution is -2.41. The molecule has 0 radical (unpaired) electrons. The highest BCUT2D eigenvalue weighted by molar-refractivity contribution is 6.10. The second-order valence-electron chi connectivity index (χ2n) is 8.99. The number of carbonyl (C=O) groups excluding carboxylic acids is 1. The molecule has 0 bridgehead atoms. The molecule has 1 aromatic carbocycles. The Bertz CT molecular complexity index is 1310. The van der Waals surface area contributed by atoms with Crippen molar-refractivity contribution in [2.24, 2.45) is 18.0 Å². The minimum Gasteiger partial charge on any atom is -0.491 e. The lowest BCUT2D eigenvalue weighted by atomic mass is 9.97. The Morgan fingerprint density at radius 2 is 1.95 bits per heavy atom. The summed E-state index contributed by atoms with van der Waals surface area (Å²) in [6.45, 7) is 2.72. The van der Waals surface area contributed by atoms with Crippen LogP contribution in [0, 0.1) is 5.92 Å². The zero-order chi connectivity index (χ0) is 26.6. The number of allylic oxidation sites excluding steroid dienone is 2. The normalized spacial score (nSPS) is 17.4. The van der Waals surface area contributed by atoms with E-state index in [0.29, 0.717) is 36.2 Å².